The van der Waals surface area contributed by atoms with Gasteiger partial charge < -0.3 is 4.74 Å². The Morgan fingerprint density at radius 2 is 2.06 bits per heavy atom. The molecule has 3 rings (SSSR count). The molecule has 2 fully saturated rings. The van der Waals surface area contributed by atoms with Gasteiger partial charge in [-0.25, -0.2) is 0 Å². The third kappa shape index (κ3) is 2.08. The highest BCUT2D eigenvalue weighted by molar-refractivity contribution is 5.28. The van der Waals surface area contributed by atoms with Crippen molar-refractivity contribution in [3.8, 4) is 0 Å². The molecule has 0 spiro atoms. The van der Waals surface area contributed by atoms with Crippen LogP contribution in [0, 0.1) is 13.8 Å². The van der Waals surface area contributed by atoms with Crippen molar-refractivity contribution < 1.29 is 4.74 Å². The van der Waals surface area contributed by atoms with Crippen molar-refractivity contribution in [1.82, 2.24) is 15.1 Å². The minimum atomic E-state index is 0.403. The summed E-state index contributed by atoms with van der Waals surface area (Å²) in [5, 5.41) is 7.46. The van der Waals surface area contributed by atoms with Gasteiger partial charge in [-0.3, -0.25) is 10.00 Å². The molecule has 1 saturated heterocycles. The van der Waals surface area contributed by atoms with Gasteiger partial charge in [0.15, 0.2) is 0 Å². The van der Waals surface area contributed by atoms with Crippen LogP contribution in [0.15, 0.2) is 0 Å². The van der Waals surface area contributed by atoms with Gasteiger partial charge in [-0.1, -0.05) is 12.8 Å². The lowest BCUT2D eigenvalue weighted by Crippen LogP contribution is -2.45. The first-order chi connectivity index (χ1) is 8.77. The summed E-state index contributed by atoms with van der Waals surface area (Å²) in [5.41, 5.74) is 3.69. The summed E-state index contributed by atoms with van der Waals surface area (Å²) in [4.78, 5) is 2.67. The van der Waals surface area contributed by atoms with Crippen molar-refractivity contribution in [2.24, 2.45) is 0 Å². The predicted molar refractivity (Wildman–Crippen MR) is 70.6 cm³/mol. The van der Waals surface area contributed by atoms with Gasteiger partial charge in [0.05, 0.1) is 24.9 Å². The quantitative estimate of drug-likeness (QED) is 0.874. The van der Waals surface area contributed by atoms with Crippen molar-refractivity contribution in [1.29, 1.82) is 0 Å². The number of aryl methyl sites for hydroxylation is 2. The highest BCUT2D eigenvalue weighted by atomic mass is 16.5. The molecule has 0 amide bonds. The largest absolute Gasteiger partial charge is 0.378 e. The van der Waals surface area contributed by atoms with Crippen LogP contribution in [0.1, 0.15) is 48.7 Å². The van der Waals surface area contributed by atoms with Crippen LogP contribution in [0.25, 0.3) is 0 Å². The maximum Gasteiger partial charge on any atom is 0.0665 e. The van der Waals surface area contributed by atoms with E-state index in [0.717, 1.165) is 31.5 Å². The van der Waals surface area contributed by atoms with Crippen molar-refractivity contribution in [2.75, 3.05) is 19.8 Å². The number of aromatic nitrogens is 2. The van der Waals surface area contributed by atoms with Crippen LogP contribution in [-0.4, -0.2) is 40.9 Å². The van der Waals surface area contributed by atoms with Gasteiger partial charge in [0.25, 0.3) is 0 Å². The van der Waals surface area contributed by atoms with E-state index in [1.807, 2.05) is 0 Å². The second-order valence-electron chi connectivity index (χ2n) is 5.61. The number of aromatic amines is 1. The Labute approximate surface area is 109 Å². The zero-order valence-corrected chi connectivity index (χ0v) is 11.4. The van der Waals surface area contributed by atoms with E-state index in [2.05, 4.69) is 28.9 Å². The van der Waals surface area contributed by atoms with Gasteiger partial charge >= 0.3 is 0 Å². The van der Waals surface area contributed by atoms with Gasteiger partial charge in [-0.05, 0) is 26.7 Å². The minimum absolute atomic E-state index is 0.403. The fraction of sp³-hybridized carbons (Fsp3) is 0.786. The minimum Gasteiger partial charge on any atom is -0.378 e. The summed E-state index contributed by atoms with van der Waals surface area (Å²) in [6, 6.07) is 1.16. The number of hydrogen-bond donors (Lipinski definition) is 1. The van der Waals surface area contributed by atoms with Crippen molar-refractivity contribution >= 4 is 0 Å². The van der Waals surface area contributed by atoms with E-state index in [1.54, 1.807) is 0 Å². The fourth-order valence-corrected chi connectivity index (χ4v) is 3.59. The Kier molecular flexibility index (Phi) is 3.39. The standard InChI is InChI=1S/C14H23N3O/c1-10-14(11(2)16-15-10)13-9-18-8-7-17(13)12-5-3-4-6-12/h12-13H,3-9H2,1-2H3,(H,15,16). The van der Waals surface area contributed by atoms with Crippen LogP contribution in [0.2, 0.25) is 0 Å². The van der Waals surface area contributed by atoms with Gasteiger partial charge in [0, 0.05) is 23.8 Å². The second-order valence-corrected chi connectivity index (χ2v) is 5.61. The molecule has 100 valence electrons. The van der Waals surface area contributed by atoms with E-state index in [9.17, 15) is 0 Å². The Hall–Kier alpha value is -0.870. The van der Waals surface area contributed by atoms with Gasteiger partial charge in [0.2, 0.25) is 0 Å². The Morgan fingerprint density at radius 1 is 1.28 bits per heavy atom. The number of nitrogens with zero attached hydrogens (tertiary/aromatic N) is 2. The molecule has 1 unspecified atom stereocenters. The average molecular weight is 249 g/mol. The summed E-state index contributed by atoms with van der Waals surface area (Å²) >= 11 is 0. The van der Waals surface area contributed by atoms with E-state index in [0.29, 0.717) is 6.04 Å². The van der Waals surface area contributed by atoms with Crippen LogP contribution in [0.3, 0.4) is 0 Å². The zero-order valence-electron chi connectivity index (χ0n) is 11.4. The maximum atomic E-state index is 5.72. The van der Waals surface area contributed by atoms with Crippen LogP contribution < -0.4 is 0 Å². The molecule has 1 aliphatic carbocycles. The molecule has 0 bridgehead atoms. The van der Waals surface area contributed by atoms with Gasteiger partial charge in [-0.15, -0.1) is 0 Å². The topological polar surface area (TPSA) is 41.1 Å². The molecular weight excluding hydrogens is 226 g/mol. The first-order valence-corrected chi connectivity index (χ1v) is 7.12. The highest BCUT2D eigenvalue weighted by Gasteiger charge is 2.34. The highest BCUT2D eigenvalue weighted by Crippen LogP contribution is 2.34. The summed E-state index contributed by atoms with van der Waals surface area (Å²) < 4.78 is 5.72. The lowest BCUT2D eigenvalue weighted by Gasteiger charge is -2.40. The molecular formula is C14H23N3O. The number of H-pyrrole nitrogens is 1. The Bertz CT molecular complexity index is 390. The molecule has 1 atom stereocenters. The summed E-state index contributed by atoms with van der Waals surface area (Å²) in [6.45, 7) is 6.98. The molecule has 1 aromatic rings. The third-order valence-electron chi connectivity index (χ3n) is 4.48. The second kappa shape index (κ2) is 5.02. The van der Waals surface area contributed by atoms with E-state index < -0.39 is 0 Å². The molecule has 1 saturated carbocycles. The van der Waals surface area contributed by atoms with Gasteiger partial charge in [0.1, 0.15) is 0 Å². The number of morpholine rings is 1. The zero-order chi connectivity index (χ0) is 12.5. The lowest BCUT2D eigenvalue weighted by atomic mass is 10.0. The molecule has 1 aliphatic heterocycles. The van der Waals surface area contributed by atoms with Crippen molar-refractivity contribution in [3.05, 3.63) is 17.0 Å². The normalized spacial score (nSPS) is 26.9. The van der Waals surface area contributed by atoms with Crippen LogP contribution >= 0.6 is 0 Å². The monoisotopic (exact) mass is 249 g/mol. The first-order valence-electron chi connectivity index (χ1n) is 7.12. The lowest BCUT2D eigenvalue weighted by molar-refractivity contribution is -0.0293. The molecule has 18 heavy (non-hydrogen) atoms. The molecule has 1 N–H and O–H groups in total. The van der Waals surface area contributed by atoms with Crippen LogP contribution in [0.4, 0.5) is 0 Å². The molecule has 0 aromatic carbocycles. The maximum absolute atomic E-state index is 5.72. The summed E-state index contributed by atoms with van der Waals surface area (Å²) in [5.74, 6) is 0. The average Bonchev–Trinajstić information content (AvgIpc) is 3.00. The number of nitrogens with one attached hydrogen (secondary N) is 1. The van der Waals surface area contributed by atoms with Crippen molar-refractivity contribution in [3.63, 3.8) is 0 Å². The third-order valence-corrected chi connectivity index (χ3v) is 4.48. The fourth-order valence-electron chi connectivity index (χ4n) is 3.59. The van der Waals surface area contributed by atoms with Crippen molar-refractivity contribution in [2.45, 2.75) is 51.6 Å². The summed E-state index contributed by atoms with van der Waals surface area (Å²) in [6.07, 6.45) is 5.48. The summed E-state index contributed by atoms with van der Waals surface area (Å²) in [7, 11) is 0. The Morgan fingerprint density at radius 3 is 2.72 bits per heavy atom. The molecule has 2 aliphatic rings. The molecule has 0 radical (unpaired) electrons. The molecule has 4 nitrogen and oxygen atoms in total. The van der Waals surface area contributed by atoms with E-state index in [1.165, 1.54) is 36.9 Å². The number of rotatable bonds is 2. The predicted octanol–water partition coefficient (Wildman–Crippen LogP) is 2.34. The number of ether oxygens (including phenoxy) is 1. The van der Waals surface area contributed by atoms with Crippen LogP contribution in [-0.2, 0) is 4.74 Å². The molecule has 2 heterocycles. The molecule has 1 aromatic heterocycles. The van der Waals surface area contributed by atoms with E-state index in [4.69, 9.17) is 4.74 Å². The number of hydrogen-bond acceptors (Lipinski definition) is 3. The van der Waals surface area contributed by atoms with E-state index in [-0.39, 0.29) is 0 Å². The SMILES string of the molecule is Cc1n[nH]c(C)c1C1COCCN1C1CCCC1. The van der Waals surface area contributed by atoms with Crippen LogP contribution in [0.5, 0.6) is 0 Å². The van der Waals surface area contributed by atoms with E-state index >= 15 is 0 Å². The molecule has 4 heteroatoms. The first kappa shape index (κ1) is 12.2. The Balaban J connectivity index is 1.87. The van der Waals surface area contributed by atoms with Gasteiger partial charge in [-0.2, -0.15) is 5.10 Å². The smallest absolute Gasteiger partial charge is 0.0665 e.